The van der Waals surface area contributed by atoms with Crippen molar-refractivity contribution in [3.05, 3.63) is 60.2 Å². The molecule has 4 nitrogen and oxygen atoms in total. The van der Waals surface area contributed by atoms with Crippen LogP contribution in [0.2, 0.25) is 0 Å². The van der Waals surface area contributed by atoms with Crippen molar-refractivity contribution >= 4 is 22.6 Å². The van der Waals surface area contributed by atoms with Crippen LogP contribution in [-0.4, -0.2) is 23.5 Å². The first kappa shape index (κ1) is 16.2. The summed E-state index contributed by atoms with van der Waals surface area (Å²) >= 11 is 0. The van der Waals surface area contributed by atoms with Crippen LogP contribution in [0.5, 0.6) is 0 Å². The molecule has 1 unspecified atom stereocenters. The largest absolute Gasteiger partial charge is 0.481 e. The van der Waals surface area contributed by atoms with E-state index in [1.165, 1.54) is 0 Å². The zero-order valence-corrected chi connectivity index (χ0v) is 13.4. The van der Waals surface area contributed by atoms with Crippen molar-refractivity contribution in [2.24, 2.45) is 11.8 Å². The van der Waals surface area contributed by atoms with E-state index in [0.717, 1.165) is 29.2 Å². The predicted molar refractivity (Wildman–Crippen MR) is 93.7 cm³/mol. The summed E-state index contributed by atoms with van der Waals surface area (Å²) < 4.78 is 0. The van der Waals surface area contributed by atoms with Gasteiger partial charge in [0.25, 0.3) is 0 Å². The smallest absolute Gasteiger partial charge is 0.308 e. The molecule has 0 radical (unpaired) electrons. The molecule has 24 heavy (non-hydrogen) atoms. The topological polar surface area (TPSA) is 66.4 Å². The van der Waals surface area contributed by atoms with Crippen LogP contribution >= 0.6 is 0 Å². The summed E-state index contributed by atoms with van der Waals surface area (Å²) in [7, 11) is 0. The molecule has 1 aliphatic carbocycles. The van der Waals surface area contributed by atoms with Crippen molar-refractivity contribution in [1.29, 1.82) is 0 Å². The van der Waals surface area contributed by atoms with Gasteiger partial charge in [0.1, 0.15) is 0 Å². The molecule has 0 fully saturated rings. The number of benzene rings is 2. The third kappa shape index (κ3) is 3.65. The van der Waals surface area contributed by atoms with Crippen LogP contribution < -0.4 is 5.32 Å². The lowest BCUT2D eigenvalue weighted by molar-refractivity contribution is -0.141. The van der Waals surface area contributed by atoms with Crippen molar-refractivity contribution in [3.63, 3.8) is 0 Å². The van der Waals surface area contributed by atoms with Gasteiger partial charge in [0.05, 0.1) is 5.92 Å². The van der Waals surface area contributed by atoms with Crippen LogP contribution in [0.4, 0.5) is 0 Å². The van der Waals surface area contributed by atoms with E-state index in [1.54, 1.807) is 0 Å². The van der Waals surface area contributed by atoms with Crippen molar-refractivity contribution in [1.82, 2.24) is 5.32 Å². The molecule has 1 amide bonds. The average Bonchev–Trinajstić information content (AvgIpc) is 3.13. The second-order valence-corrected chi connectivity index (χ2v) is 6.26. The summed E-state index contributed by atoms with van der Waals surface area (Å²) in [6, 6.07) is 13.9. The average molecular weight is 323 g/mol. The Bertz CT molecular complexity index is 768. The zero-order valence-electron chi connectivity index (χ0n) is 13.4. The summed E-state index contributed by atoms with van der Waals surface area (Å²) in [5.41, 5.74) is 0.997. The molecular formula is C20H21NO3. The van der Waals surface area contributed by atoms with E-state index in [2.05, 4.69) is 5.32 Å². The van der Waals surface area contributed by atoms with Gasteiger partial charge in [-0.3, -0.25) is 9.59 Å². The molecule has 0 heterocycles. The van der Waals surface area contributed by atoms with E-state index < -0.39 is 11.9 Å². The van der Waals surface area contributed by atoms with Gasteiger partial charge in [0, 0.05) is 12.5 Å². The summed E-state index contributed by atoms with van der Waals surface area (Å²) in [4.78, 5) is 23.7. The van der Waals surface area contributed by atoms with Crippen molar-refractivity contribution in [2.75, 3.05) is 6.54 Å². The molecule has 2 aromatic carbocycles. The first-order valence-corrected chi connectivity index (χ1v) is 8.27. The number of hydrogen-bond acceptors (Lipinski definition) is 2. The van der Waals surface area contributed by atoms with Crippen molar-refractivity contribution in [2.45, 2.75) is 19.3 Å². The Morgan fingerprint density at radius 2 is 1.79 bits per heavy atom. The molecule has 0 aromatic heterocycles. The Labute approximate surface area is 141 Å². The van der Waals surface area contributed by atoms with E-state index in [1.807, 2.05) is 54.6 Å². The van der Waals surface area contributed by atoms with Crippen LogP contribution in [0, 0.1) is 11.8 Å². The van der Waals surface area contributed by atoms with E-state index in [4.69, 9.17) is 0 Å². The fraction of sp³-hybridized carbons (Fsp3) is 0.300. The number of nitrogens with one attached hydrogen (secondary N) is 1. The monoisotopic (exact) mass is 323 g/mol. The molecule has 0 spiro atoms. The molecule has 0 saturated carbocycles. The number of aliphatic carboxylic acids is 1. The van der Waals surface area contributed by atoms with Gasteiger partial charge >= 0.3 is 5.97 Å². The predicted octanol–water partition coefficient (Wildman–Crippen LogP) is 3.17. The van der Waals surface area contributed by atoms with Crippen molar-refractivity contribution in [3.8, 4) is 0 Å². The Hall–Kier alpha value is -2.62. The zero-order chi connectivity index (χ0) is 16.9. The van der Waals surface area contributed by atoms with Crippen LogP contribution in [0.15, 0.2) is 54.6 Å². The summed E-state index contributed by atoms with van der Waals surface area (Å²) in [6.07, 6.45) is 5.88. The molecule has 0 aliphatic heterocycles. The molecule has 124 valence electrons. The number of carboxylic acids is 1. The maximum atomic E-state index is 12.1. The standard InChI is InChI=1S/C20H21NO3/c22-19(15-7-1-2-8-15)21-13-17(20(23)24)12-16-10-5-9-14-6-3-4-11-18(14)16/h1-6,9-11,15,17H,7-8,12-13H2,(H,21,22)(H,23,24). The first-order chi connectivity index (χ1) is 11.6. The summed E-state index contributed by atoms with van der Waals surface area (Å²) in [5, 5.41) is 14.5. The molecule has 2 N–H and O–H groups in total. The fourth-order valence-electron chi connectivity index (χ4n) is 3.18. The highest BCUT2D eigenvalue weighted by Crippen LogP contribution is 2.22. The molecule has 4 heteroatoms. The number of amides is 1. The Balaban J connectivity index is 1.69. The quantitative estimate of drug-likeness (QED) is 0.803. The van der Waals surface area contributed by atoms with Crippen LogP contribution in [0.1, 0.15) is 18.4 Å². The Kier molecular flexibility index (Phi) is 4.94. The van der Waals surface area contributed by atoms with E-state index in [-0.39, 0.29) is 18.4 Å². The van der Waals surface area contributed by atoms with Gasteiger partial charge in [-0.15, -0.1) is 0 Å². The summed E-state index contributed by atoms with van der Waals surface area (Å²) in [5.74, 6) is -1.61. The number of allylic oxidation sites excluding steroid dienone is 2. The number of rotatable bonds is 6. The fourth-order valence-corrected chi connectivity index (χ4v) is 3.18. The highest BCUT2D eigenvalue weighted by molar-refractivity contribution is 5.86. The Morgan fingerprint density at radius 3 is 2.54 bits per heavy atom. The second-order valence-electron chi connectivity index (χ2n) is 6.26. The molecule has 3 rings (SSSR count). The van der Waals surface area contributed by atoms with Gasteiger partial charge in [0.15, 0.2) is 0 Å². The summed E-state index contributed by atoms with van der Waals surface area (Å²) in [6.45, 7) is 0.161. The highest BCUT2D eigenvalue weighted by atomic mass is 16.4. The number of hydrogen-bond donors (Lipinski definition) is 2. The normalized spacial score (nSPS) is 15.5. The lowest BCUT2D eigenvalue weighted by Crippen LogP contribution is -2.37. The van der Waals surface area contributed by atoms with Gasteiger partial charge in [-0.2, -0.15) is 0 Å². The SMILES string of the molecule is O=C(O)C(CNC(=O)C1CC=CC1)Cc1cccc2ccccc12. The van der Waals surface area contributed by atoms with E-state index in [9.17, 15) is 14.7 Å². The van der Waals surface area contributed by atoms with Crippen LogP contribution in [0.3, 0.4) is 0 Å². The molecule has 0 bridgehead atoms. The molecular weight excluding hydrogens is 302 g/mol. The van der Waals surface area contributed by atoms with Crippen molar-refractivity contribution < 1.29 is 14.7 Å². The maximum Gasteiger partial charge on any atom is 0.308 e. The highest BCUT2D eigenvalue weighted by Gasteiger charge is 2.23. The van der Waals surface area contributed by atoms with Gasteiger partial charge in [-0.05, 0) is 35.6 Å². The van der Waals surface area contributed by atoms with Crippen LogP contribution in [-0.2, 0) is 16.0 Å². The number of carbonyl (C=O) groups excluding carboxylic acids is 1. The lowest BCUT2D eigenvalue weighted by atomic mass is 9.94. The Morgan fingerprint density at radius 1 is 1.08 bits per heavy atom. The maximum absolute atomic E-state index is 12.1. The van der Waals surface area contributed by atoms with Gasteiger partial charge in [0.2, 0.25) is 5.91 Å². The van der Waals surface area contributed by atoms with Crippen LogP contribution in [0.25, 0.3) is 10.8 Å². The van der Waals surface area contributed by atoms with E-state index in [0.29, 0.717) is 6.42 Å². The molecule has 1 atom stereocenters. The molecule has 0 saturated heterocycles. The minimum atomic E-state index is -0.882. The number of carbonyl (C=O) groups is 2. The lowest BCUT2D eigenvalue weighted by Gasteiger charge is -2.17. The first-order valence-electron chi connectivity index (χ1n) is 8.27. The second kappa shape index (κ2) is 7.30. The van der Waals surface area contributed by atoms with E-state index >= 15 is 0 Å². The molecule has 2 aromatic rings. The third-order valence-corrected chi connectivity index (χ3v) is 4.60. The number of carboxylic acid groups (broad SMARTS) is 1. The molecule has 1 aliphatic rings. The minimum absolute atomic E-state index is 0.0444. The van der Waals surface area contributed by atoms with Gasteiger partial charge in [-0.1, -0.05) is 54.6 Å². The third-order valence-electron chi connectivity index (χ3n) is 4.60. The minimum Gasteiger partial charge on any atom is -0.481 e. The number of fused-ring (bicyclic) bond motifs is 1. The van der Waals surface area contributed by atoms with Gasteiger partial charge < -0.3 is 10.4 Å². The van der Waals surface area contributed by atoms with Gasteiger partial charge in [-0.25, -0.2) is 0 Å².